The fourth-order valence-corrected chi connectivity index (χ4v) is 3.90. The van der Waals surface area contributed by atoms with Gasteiger partial charge < -0.3 is 21.1 Å². The van der Waals surface area contributed by atoms with Crippen molar-refractivity contribution in [3.8, 4) is 0 Å². The van der Waals surface area contributed by atoms with Crippen molar-refractivity contribution >= 4 is 17.5 Å². The number of morpholine rings is 1. The summed E-state index contributed by atoms with van der Waals surface area (Å²) in [6.07, 6.45) is 4.14. The number of nitrogens with one attached hydrogen (secondary N) is 2. The molecule has 1 aromatic carbocycles. The molecule has 0 radical (unpaired) electrons. The summed E-state index contributed by atoms with van der Waals surface area (Å²) < 4.78 is 5.32. The summed E-state index contributed by atoms with van der Waals surface area (Å²) in [5, 5.41) is 5.92. The number of anilines is 1. The summed E-state index contributed by atoms with van der Waals surface area (Å²) in [5.74, 6) is 0.349. The molecule has 2 amide bonds. The SMILES string of the molecule is N[C@@H]1CCC[C@H]1CC(=O)NCc1cccc(NC(=O)CCN2CCOCC2)c1. The molecule has 1 heterocycles. The Hall–Kier alpha value is -1.96. The summed E-state index contributed by atoms with van der Waals surface area (Å²) >= 11 is 0. The highest BCUT2D eigenvalue weighted by atomic mass is 16.5. The van der Waals surface area contributed by atoms with Gasteiger partial charge in [0.25, 0.3) is 0 Å². The van der Waals surface area contributed by atoms with Gasteiger partial charge in [-0.1, -0.05) is 18.6 Å². The van der Waals surface area contributed by atoms with Crippen LogP contribution >= 0.6 is 0 Å². The van der Waals surface area contributed by atoms with E-state index in [0.29, 0.717) is 25.3 Å². The van der Waals surface area contributed by atoms with Crippen molar-refractivity contribution in [2.24, 2.45) is 11.7 Å². The Labute approximate surface area is 167 Å². The molecule has 0 bridgehead atoms. The number of rotatable bonds is 8. The molecule has 1 aliphatic heterocycles. The molecule has 3 rings (SSSR count). The molecule has 28 heavy (non-hydrogen) atoms. The molecule has 7 nitrogen and oxygen atoms in total. The Kier molecular flexibility index (Phi) is 7.82. The van der Waals surface area contributed by atoms with E-state index >= 15 is 0 Å². The maximum absolute atomic E-state index is 12.2. The lowest BCUT2D eigenvalue weighted by atomic mass is 10.00. The first kappa shape index (κ1) is 20.8. The molecule has 1 aromatic rings. The van der Waals surface area contributed by atoms with Crippen LogP contribution in [-0.4, -0.2) is 55.6 Å². The zero-order chi connectivity index (χ0) is 19.8. The second-order valence-electron chi connectivity index (χ2n) is 7.79. The third-order valence-corrected chi connectivity index (χ3v) is 5.62. The maximum Gasteiger partial charge on any atom is 0.225 e. The van der Waals surface area contributed by atoms with E-state index in [9.17, 15) is 9.59 Å². The molecular formula is C21H32N4O3. The first-order valence-corrected chi connectivity index (χ1v) is 10.3. The minimum absolute atomic E-state index is 0.00268. The third kappa shape index (κ3) is 6.58. The van der Waals surface area contributed by atoms with Gasteiger partial charge in [0.05, 0.1) is 13.2 Å². The molecule has 2 aliphatic rings. The number of carbonyl (C=O) groups excluding carboxylic acids is 2. The Balaban J connectivity index is 1.40. The first-order valence-electron chi connectivity index (χ1n) is 10.3. The second-order valence-corrected chi connectivity index (χ2v) is 7.79. The number of hydrogen-bond acceptors (Lipinski definition) is 5. The molecular weight excluding hydrogens is 356 g/mol. The van der Waals surface area contributed by atoms with Crippen LogP contribution in [-0.2, 0) is 20.9 Å². The van der Waals surface area contributed by atoms with E-state index in [0.717, 1.165) is 63.4 Å². The topological polar surface area (TPSA) is 96.7 Å². The van der Waals surface area contributed by atoms with E-state index < -0.39 is 0 Å². The lowest BCUT2D eigenvalue weighted by Crippen LogP contribution is -2.38. The van der Waals surface area contributed by atoms with Gasteiger partial charge in [-0.3, -0.25) is 14.5 Å². The smallest absolute Gasteiger partial charge is 0.225 e. The highest BCUT2D eigenvalue weighted by Crippen LogP contribution is 2.26. The number of benzene rings is 1. The Bertz CT molecular complexity index is 661. The molecule has 1 saturated carbocycles. The van der Waals surface area contributed by atoms with Gasteiger partial charge in [-0.15, -0.1) is 0 Å². The van der Waals surface area contributed by atoms with Gasteiger partial charge in [-0.05, 0) is 36.5 Å². The van der Waals surface area contributed by atoms with Gasteiger partial charge in [0.1, 0.15) is 0 Å². The molecule has 0 spiro atoms. The standard InChI is InChI=1S/C21H32N4O3/c22-19-6-2-4-17(19)14-21(27)23-15-16-3-1-5-18(13-16)24-20(26)7-8-25-9-11-28-12-10-25/h1,3,5,13,17,19H,2,4,6-12,14-15,22H2,(H,23,27)(H,24,26)/t17-,19+/m0/s1. The van der Waals surface area contributed by atoms with Crippen LogP contribution in [0.5, 0.6) is 0 Å². The van der Waals surface area contributed by atoms with Crippen molar-refractivity contribution in [3.05, 3.63) is 29.8 Å². The normalized spacial score (nSPS) is 22.8. The zero-order valence-electron chi connectivity index (χ0n) is 16.5. The van der Waals surface area contributed by atoms with Gasteiger partial charge in [-0.25, -0.2) is 0 Å². The monoisotopic (exact) mass is 388 g/mol. The van der Waals surface area contributed by atoms with Crippen LogP contribution in [0, 0.1) is 5.92 Å². The predicted octanol–water partition coefficient (Wildman–Crippen LogP) is 1.48. The van der Waals surface area contributed by atoms with Crippen LogP contribution in [0.4, 0.5) is 5.69 Å². The van der Waals surface area contributed by atoms with Crippen LogP contribution in [0.15, 0.2) is 24.3 Å². The van der Waals surface area contributed by atoms with Crippen molar-refractivity contribution < 1.29 is 14.3 Å². The average molecular weight is 389 g/mol. The summed E-state index contributed by atoms with van der Waals surface area (Å²) in [6, 6.07) is 7.78. The molecule has 2 atom stereocenters. The summed E-state index contributed by atoms with van der Waals surface area (Å²) in [7, 11) is 0. The van der Waals surface area contributed by atoms with Crippen molar-refractivity contribution in [3.63, 3.8) is 0 Å². The van der Waals surface area contributed by atoms with Crippen molar-refractivity contribution in [2.45, 2.75) is 44.7 Å². The number of amides is 2. The second kappa shape index (κ2) is 10.5. The van der Waals surface area contributed by atoms with Crippen molar-refractivity contribution in [1.29, 1.82) is 0 Å². The van der Waals surface area contributed by atoms with Gasteiger partial charge in [-0.2, -0.15) is 0 Å². The van der Waals surface area contributed by atoms with Crippen LogP contribution in [0.2, 0.25) is 0 Å². The van der Waals surface area contributed by atoms with Gasteiger partial charge in [0, 0.05) is 50.7 Å². The molecule has 154 valence electrons. The van der Waals surface area contributed by atoms with E-state index in [2.05, 4.69) is 15.5 Å². The summed E-state index contributed by atoms with van der Waals surface area (Å²) in [6.45, 7) is 4.44. The fourth-order valence-electron chi connectivity index (χ4n) is 3.90. The molecule has 1 saturated heterocycles. The van der Waals surface area contributed by atoms with Crippen LogP contribution in [0.3, 0.4) is 0 Å². The number of nitrogens with zero attached hydrogens (tertiary/aromatic N) is 1. The number of nitrogens with two attached hydrogens (primary N) is 1. The lowest BCUT2D eigenvalue weighted by Gasteiger charge is -2.26. The first-order chi connectivity index (χ1) is 13.6. The van der Waals surface area contributed by atoms with E-state index in [-0.39, 0.29) is 17.9 Å². The average Bonchev–Trinajstić information content (AvgIpc) is 3.10. The van der Waals surface area contributed by atoms with E-state index in [1.807, 2.05) is 24.3 Å². The van der Waals surface area contributed by atoms with E-state index in [1.165, 1.54) is 0 Å². The lowest BCUT2D eigenvalue weighted by molar-refractivity contribution is -0.122. The maximum atomic E-state index is 12.2. The quantitative estimate of drug-likeness (QED) is 0.627. The third-order valence-electron chi connectivity index (χ3n) is 5.62. The van der Waals surface area contributed by atoms with E-state index in [4.69, 9.17) is 10.5 Å². The van der Waals surface area contributed by atoms with Gasteiger partial charge in [0.15, 0.2) is 0 Å². The van der Waals surface area contributed by atoms with Crippen molar-refractivity contribution in [2.75, 3.05) is 38.2 Å². The molecule has 2 fully saturated rings. The zero-order valence-corrected chi connectivity index (χ0v) is 16.5. The molecule has 0 aromatic heterocycles. The number of carbonyl (C=O) groups is 2. The highest BCUT2D eigenvalue weighted by Gasteiger charge is 2.25. The number of hydrogen-bond donors (Lipinski definition) is 3. The van der Waals surface area contributed by atoms with E-state index in [1.54, 1.807) is 0 Å². The number of ether oxygens (including phenoxy) is 1. The predicted molar refractivity (Wildman–Crippen MR) is 109 cm³/mol. The minimum atomic E-state index is 0.00268. The Morgan fingerprint density at radius 2 is 2.00 bits per heavy atom. The van der Waals surface area contributed by atoms with Gasteiger partial charge in [0.2, 0.25) is 11.8 Å². The Morgan fingerprint density at radius 3 is 2.75 bits per heavy atom. The molecule has 1 aliphatic carbocycles. The Morgan fingerprint density at radius 1 is 1.18 bits per heavy atom. The van der Waals surface area contributed by atoms with Gasteiger partial charge >= 0.3 is 0 Å². The van der Waals surface area contributed by atoms with Crippen molar-refractivity contribution in [1.82, 2.24) is 10.2 Å². The molecule has 7 heteroatoms. The van der Waals surface area contributed by atoms with Crippen LogP contribution in [0.1, 0.15) is 37.7 Å². The fraction of sp³-hybridized carbons (Fsp3) is 0.619. The largest absolute Gasteiger partial charge is 0.379 e. The highest BCUT2D eigenvalue weighted by molar-refractivity contribution is 5.90. The summed E-state index contributed by atoms with van der Waals surface area (Å²) in [5.41, 5.74) is 7.77. The summed E-state index contributed by atoms with van der Waals surface area (Å²) in [4.78, 5) is 26.6. The molecule has 4 N–H and O–H groups in total. The van der Waals surface area contributed by atoms with Crippen LogP contribution in [0.25, 0.3) is 0 Å². The van der Waals surface area contributed by atoms with Crippen LogP contribution < -0.4 is 16.4 Å². The minimum Gasteiger partial charge on any atom is -0.379 e. The molecule has 0 unspecified atom stereocenters.